The number of aromatic nitrogens is 1. The number of likely N-dealkylation sites (tertiary alicyclic amines) is 1. The molecule has 2 aromatic carbocycles. The molecule has 0 bridgehead atoms. The van der Waals surface area contributed by atoms with Gasteiger partial charge in [0.15, 0.2) is 0 Å². The van der Waals surface area contributed by atoms with Gasteiger partial charge in [-0.3, -0.25) is 4.90 Å². The summed E-state index contributed by atoms with van der Waals surface area (Å²) in [6.07, 6.45) is 5.49. The highest BCUT2D eigenvalue weighted by Gasteiger charge is 2.51. The van der Waals surface area contributed by atoms with E-state index in [1.807, 2.05) is 18.2 Å². The van der Waals surface area contributed by atoms with E-state index in [9.17, 15) is 4.39 Å². The van der Waals surface area contributed by atoms with E-state index in [0.29, 0.717) is 17.1 Å². The topological polar surface area (TPSA) is 28.2 Å². The van der Waals surface area contributed by atoms with Gasteiger partial charge in [0.25, 0.3) is 0 Å². The van der Waals surface area contributed by atoms with Crippen molar-refractivity contribution in [3.63, 3.8) is 0 Å². The zero-order valence-electron chi connectivity index (χ0n) is 19.4. The first-order valence-corrected chi connectivity index (χ1v) is 12.9. The smallest absolute Gasteiger partial charge is 0.129 e. The Kier molecular flexibility index (Phi) is 5.92. The van der Waals surface area contributed by atoms with Crippen molar-refractivity contribution in [2.45, 2.75) is 55.5 Å². The van der Waals surface area contributed by atoms with Crippen LogP contribution < -0.4 is 5.32 Å². The van der Waals surface area contributed by atoms with Gasteiger partial charge in [-0.05, 0) is 79.5 Å². The summed E-state index contributed by atoms with van der Waals surface area (Å²) in [6.45, 7) is 2.98. The van der Waals surface area contributed by atoms with E-state index in [-0.39, 0.29) is 17.3 Å². The summed E-state index contributed by atoms with van der Waals surface area (Å²) in [5.74, 6) is 0.339. The Bertz CT molecular complexity index is 1150. The lowest BCUT2D eigenvalue weighted by atomic mass is 9.67. The third kappa shape index (κ3) is 3.86. The summed E-state index contributed by atoms with van der Waals surface area (Å²) in [4.78, 5) is 7.46. The molecule has 176 valence electrons. The van der Waals surface area contributed by atoms with Crippen LogP contribution in [0.25, 0.3) is 0 Å². The van der Waals surface area contributed by atoms with E-state index in [1.54, 1.807) is 12.1 Å². The third-order valence-electron chi connectivity index (χ3n) is 8.50. The van der Waals surface area contributed by atoms with Gasteiger partial charge in [0, 0.05) is 36.3 Å². The standard InChI is InChI=1S/C29H31ClFN3/c30-28-13-12-24-25(33-28)7-4-15-29(24)19-32-18-27(29)34-16-14-22(20-5-2-1-3-6-20)17-26(34)21-8-10-23(31)11-9-21/h1-3,5-6,8-13,22,26-27,32H,4,7,14-19H2/t22?,26?,27-,29?/m1/s1. The van der Waals surface area contributed by atoms with Crippen LogP contribution in [0.15, 0.2) is 66.7 Å². The maximum atomic E-state index is 13.8. The molecule has 3 unspecified atom stereocenters. The van der Waals surface area contributed by atoms with Gasteiger partial charge < -0.3 is 5.32 Å². The van der Waals surface area contributed by atoms with E-state index in [1.165, 1.54) is 22.4 Å². The number of benzene rings is 2. The third-order valence-corrected chi connectivity index (χ3v) is 8.71. The average molecular weight is 476 g/mol. The first kappa shape index (κ1) is 22.2. The Labute approximate surface area is 206 Å². The van der Waals surface area contributed by atoms with Gasteiger partial charge in [-0.1, -0.05) is 60.1 Å². The van der Waals surface area contributed by atoms with Crippen LogP contribution in [-0.4, -0.2) is 35.6 Å². The second kappa shape index (κ2) is 9.07. The Morgan fingerprint density at radius 2 is 1.82 bits per heavy atom. The molecule has 0 amide bonds. The normalized spacial score (nSPS) is 29.3. The zero-order chi connectivity index (χ0) is 23.1. The summed E-state index contributed by atoms with van der Waals surface area (Å²) in [5, 5.41) is 4.34. The van der Waals surface area contributed by atoms with Crippen LogP contribution in [-0.2, 0) is 11.8 Å². The number of pyridine rings is 1. The maximum Gasteiger partial charge on any atom is 0.129 e. The predicted molar refractivity (Wildman–Crippen MR) is 135 cm³/mol. The monoisotopic (exact) mass is 475 g/mol. The van der Waals surface area contributed by atoms with Gasteiger partial charge >= 0.3 is 0 Å². The number of halogens is 2. The molecule has 1 spiro atoms. The summed E-state index contributed by atoms with van der Waals surface area (Å²) < 4.78 is 13.8. The molecule has 2 fully saturated rings. The molecule has 1 aromatic heterocycles. The molecular weight excluding hydrogens is 445 g/mol. The first-order chi connectivity index (χ1) is 16.6. The molecule has 6 rings (SSSR count). The molecular formula is C29H31ClFN3. The zero-order valence-corrected chi connectivity index (χ0v) is 20.1. The molecule has 34 heavy (non-hydrogen) atoms. The lowest BCUT2D eigenvalue weighted by molar-refractivity contribution is 0.0537. The van der Waals surface area contributed by atoms with Gasteiger partial charge in [-0.25, -0.2) is 9.37 Å². The highest BCUT2D eigenvalue weighted by atomic mass is 35.5. The van der Waals surface area contributed by atoms with Crippen LogP contribution in [0.2, 0.25) is 5.15 Å². The van der Waals surface area contributed by atoms with Crippen molar-refractivity contribution in [1.82, 2.24) is 15.2 Å². The van der Waals surface area contributed by atoms with Gasteiger partial charge in [0.2, 0.25) is 0 Å². The van der Waals surface area contributed by atoms with Gasteiger partial charge in [-0.15, -0.1) is 0 Å². The quantitative estimate of drug-likeness (QED) is 0.468. The minimum absolute atomic E-state index is 0.0447. The van der Waals surface area contributed by atoms with E-state index in [4.69, 9.17) is 16.6 Å². The molecule has 1 aliphatic carbocycles. The average Bonchev–Trinajstić information content (AvgIpc) is 3.28. The van der Waals surface area contributed by atoms with Crippen molar-refractivity contribution in [3.8, 4) is 0 Å². The summed E-state index contributed by atoms with van der Waals surface area (Å²) in [7, 11) is 0. The van der Waals surface area contributed by atoms with Crippen molar-refractivity contribution in [2.24, 2.45) is 0 Å². The van der Waals surface area contributed by atoms with Crippen molar-refractivity contribution < 1.29 is 4.39 Å². The van der Waals surface area contributed by atoms with Crippen molar-refractivity contribution >= 4 is 11.6 Å². The number of nitrogens with zero attached hydrogens (tertiary/aromatic N) is 2. The highest BCUT2D eigenvalue weighted by Crippen LogP contribution is 2.48. The molecule has 2 saturated heterocycles. The summed E-state index contributed by atoms with van der Waals surface area (Å²) in [5.41, 5.74) is 5.22. The molecule has 1 N–H and O–H groups in total. The van der Waals surface area contributed by atoms with Crippen LogP contribution in [0.1, 0.15) is 60.0 Å². The molecule has 2 aliphatic heterocycles. The number of nitrogens with one attached hydrogen (secondary N) is 1. The fourth-order valence-electron chi connectivity index (χ4n) is 6.93. The van der Waals surface area contributed by atoms with Crippen LogP contribution in [0.3, 0.4) is 0 Å². The molecule has 3 nitrogen and oxygen atoms in total. The van der Waals surface area contributed by atoms with Crippen molar-refractivity contribution in [1.29, 1.82) is 0 Å². The minimum Gasteiger partial charge on any atom is -0.314 e. The highest BCUT2D eigenvalue weighted by molar-refractivity contribution is 6.29. The lowest BCUT2D eigenvalue weighted by Gasteiger charge is -2.50. The number of fused-ring (bicyclic) bond motifs is 2. The summed E-state index contributed by atoms with van der Waals surface area (Å²) in [6, 6.07) is 22.9. The lowest BCUT2D eigenvalue weighted by Crippen LogP contribution is -2.54. The van der Waals surface area contributed by atoms with E-state index >= 15 is 0 Å². The molecule has 4 atom stereocenters. The van der Waals surface area contributed by atoms with Crippen LogP contribution in [0.4, 0.5) is 4.39 Å². The van der Waals surface area contributed by atoms with Crippen molar-refractivity contribution in [2.75, 3.05) is 19.6 Å². The maximum absolute atomic E-state index is 13.8. The number of aryl methyl sites for hydroxylation is 1. The number of rotatable bonds is 3. The second-order valence-electron chi connectivity index (χ2n) is 10.2. The SMILES string of the molecule is Fc1ccc(C2CC(c3ccccc3)CCN2[C@@H]2CNCC23CCCc2nc(Cl)ccc23)cc1. The number of hydrogen-bond donors (Lipinski definition) is 1. The van der Waals surface area contributed by atoms with E-state index in [0.717, 1.165) is 51.7 Å². The molecule has 0 radical (unpaired) electrons. The van der Waals surface area contributed by atoms with Crippen LogP contribution in [0.5, 0.6) is 0 Å². The largest absolute Gasteiger partial charge is 0.314 e. The number of hydrogen-bond acceptors (Lipinski definition) is 3. The summed E-state index contributed by atoms with van der Waals surface area (Å²) >= 11 is 6.28. The van der Waals surface area contributed by atoms with Gasteiger partial charge in [0.1, 0.15) is 11.0 Å². The van der Waals surface area contributed by atoms with E-state index in [2.05, 4.69) is 46.6 Å². The fourth-order valence-corrected chi connectivity index (χ4v) is 7.10. The molecule has 3 aromatic rings. The van der Waals surface area contributed by atoms with Crippen LogP contribution >= 0.6 is 11.6 Å². The van der Waals surface area contributed by atoms with Crippen molar-refractivity contribution in [3.05, 3.63) is 100 Å². The molecule has 3 heterocycles. The molecule has 3 aliphatic rings. The predicted octanol–water partition coefficient (Wildman–Crippen LogP) is 6.04. The first-order valence-electron chi connectivity index (χ1n) is 12.6. The van der Waals surface area contributed by atoms with Gasteiger partial charge in [0.05, 0.1) is 0 Å². The Hall–Kier alpha value is -2.27. The Morgan fingerprint density at radius 1 is 1.00 bits per heavy atom. The fraction of sp³-hybridized carbons (Fsp3) is 0.414. The molecule has 0 saturated carbocycles. The molecule has 5 heteroatoms. The Balaban J connectivity index is 1.38. The Morgan fingerprint density at radius 3 is 2.65 bits per heavy atom. The van der Waals surface area contributed by atoms with E-state index < -0.39 is 0 Å². The number of piperidine rings is 1. The minimum atomic E-state index is -0.172. The van der Waals surface area contributed by atoms with Gasteiger partial charge in [-0.2, -0.15) is 0 Å². The van der Waals surface area contributed by atoms with Crippen LogP contribution in [0, 0.1) is 5.82 Å². The second-order valence-corrected chi connectivity index (χ2v) is 10.6.